The highest BCUT2D eigenvalue weighted by atomic mass is 16.4. The van der Waals surface area contributed by atoms with E-state index < -0.39 is 12.2 Å². The number of fused-ring (bicyclic) bond motifs is 2. The maximum atomic E-state index is 9.71. The first-order valence-electron chi connectivity index (χ1n) is 6.30. The fourth-order valence-electron chi connectivity index (χ4n) is 3.01. The Kier molecular flexibility index (Phi) is 4.35. The Labute approximate surface area is 102 Å². The highest BCUT2D eigenvalue weighted by Gasteiger charge is 2.39. The molecule has 2 aliphatic rings. The van der Waals surface area contributed by atoms with E-state index in [1.165, 1.54) is 12.8 Å². The first-order valence-corrected chi connectivity index (χ1v) is 6.30. The summed E-state index contributed by atoms with van der Waals surface area (Å²) in [5.74, 6) is 0. The Morgan fingerprint density at radius 1 is 1.18 bits per heavy atom. The summed E-state index contributed by atoms with van der Waals surface area (Å²) in [6, 6.07) is 0.995. The van der Waals surface area contributed by atoms with Gasteiger partial charge in [0.15, 0.2) is 0 Å². The van der Waals surface area contributed by atoms with Crippen LogP contribution in [0.5, 0.6) is 0 Å². The van der Waals surface area contributed by atoms with Gasteiger partial charge in [-0.1, -0.05) is 0 Å². The molecule has 0 aromatic heterocycles. The van der Waals surface area contributed by atoms with Crippen molar-refractivity contribution in [2.24, 2.45) is 0 Å². The number of hydrazine groups is 1. The maximum absolute atomic E-state index is 9.71. The zero-order valence-corrected chi connectivity index (χ0v) is 10.3. The van der Waals surface area contributed by atoms with Gasteiger partial charge in [0.2, 0.25) is 0 Å². The van der Waals surface area contributed by atoms with Gasteiger partial charge in [-0.15, -0.1) is 0 Å². The molecule has 0 amide bonds. The number of aliphatic hydroxyl groups excluding tert-OH is 3. The third-order valence-electron chi connectivity index (χ3n) is 3.89. The molecule has 6 nitrogen and oxygen atoms in total. The van der Waals surface area contributed by atoms with Crippen LogP contribution in [0.2, 0.25) is 0 Å². The monoisotopic (exact) mass is 245 g/mol. The number of nitrogens with one attached hydrogen (secondary N) is 1. The largest absolute Gasteiger partial charge is 0.394 e. The lowest BCUT2D eigenvalue weighted by Gasteiger charge is -2.41. The van der Waals surface area contributed by atoms with Crippen molar-refractivity contribution >= 4 is 0 Å². The molecular formula is C11H23N3O3. The zero-order chi connectivity index (χ0) is 12.4. The van der Waals surface area contributed by atoms with Gasteiger partial charge in [-0.05, 0) is 19.9 Å². The summed E-state index contributed by atoms with van der Waals surface area (Å²) in [4.78, 5) is 2.18. The summed E-state index contributed by atoms with van der Waals surface area (Å²) < 4.78 is 0. The Bertz CT molecular complexity index is 240. The van der Waals surface area contributed by atoms with E-state index in [2.05, 4.69) is 15.3 Å². The van der Waals surface area contributed by atoms with Crippen LogP contribution >= 0.6 is 0 Å². The van der Waals surface area contributed by atoms with Gasteiger partial charge in [-0.2, -0.15) is 0 Å². The molecule has 0 aliphatic carbocycles. The molecular weight excluding hydrogens is 222 g/mol. The molecule has 2 rings (SSSR count). The summed E-state index contributed by atoms with van der Waals surface area (Å²) in [5, 5.41) is 30.1. The van der Waals surface area contributed by atoms with Gasteiger partial charge in [0.05, 0.1) is 12.7 Å². The second kappa shape index (κ2) is 5.60. The van der Waals surface area contributed by atoms with E-state index in [9.17, 15) is 10.2 Å². The Morgan fingerprint density at radius 3 is 2.24 bits per heavy atom. The fraction of sp³-hybridized carbons (Fsp3) is 1.00. The molecule has 2 aliphatic heterocycles. The molecule has 100 valence electrons. The summed E-state index contributed by atoms with van der Waals surface area (Å²) in [6.45, 7) is 1.87. The van der Waals surface area contributed by atoms with E-state index in [1.807, 2.05) is 7.05 Å². The Morgan fingerprint density at radius 2 is 1.76 bits per heavy atom. The minimum atomic E-state index is -1.03. The second-order valence-corrected chi connectivity index (χ2v) is 5.05. The number of nitrogens with zero attached hydrogens (tertiary/aromatic N) is 2. The molecule has 6 heteroatoms. The first kappa shape index (κ1) is 13.2. The molecule has 2 saturated heterocycles. The van der Waals surface area contributed by atoms with Gasteiger partial charge >= 0.3 is 0 Å². The van der Waals surface area contributed by atoms with E-state index in [0.29, 0.717) is 18.6 Å². The third-order valence-corrected chi connectivity index (χ3v) is 3.89. The molecule has 2 heterocycles. The zero-order valence-electron chi connectivity index (χ0n) is 10.3. The maximum Gasteiger partial charge on any atom is 0.104 e. The average Bonchev–Trinajstić information content (AvgIpc) is 2.58. The molecule has 4 atom stereocenters. The SMILES string of the molecule is CNN1C2CCC1CN(CC(O)C(O)CO)C2. The summed E-state index contributed by atoms with van der Waals surface area (Å²) >= 11 is 0. The fourth-order valence-corrected chi connectivity index (χ4v) is 3.01. The van der Waals surface area contributed by atoms with E-state index in [4.69, 9.17) is 5.11 Å². The summed E-state index contributed by atoms with van der Waals surface area (Å²) in [5.41, 5.74) is 3.23. The number of piperazine rings is 1. The predicted molar refractivity (Wildman–Crippen MR) is 63.2 cm³/mol. The van der Waals surface area contributed by atoms with Crippen molar-refractivity contribution in [1.82, 2.24) is 15.3 Å². The van der Waals surface area contributed by atoms with Crippen molar-refractivity contribution in [3.8, 4) is 0 Å². The van der Waals surface area contributed by atoms with Gasteiger partial charge in [0, 0.05) is 31.7 Å². The lowest BCUT2D eigenvalue weighted by molar-refractivity contribution is -0.0464. The average molecular weight is 245 g/mol. The summed E-state index contributed by atoms with van der Waals surface area (Å²) in [6.07, 6.45) is 0.469. The Balaban J connectivity index is 1.85. The molecule has 0 aromatic rings. The standard InChI is InChI=1S/C11H23N3O3/c1-12-14-8-2-3-9(14)5-13(4-8)6-10(16)11(17)7-15/h8-12,15-17H,2-7H2,1H3. The van der Waals surface area contributed by atoms with Crippen LogP contribution in [0.3, 0.4) is 0 Å². The van der Waals surface area contributed by atoms with Crippen LogP contribution in [0.15, 0.2) is 0 Å². The summed E-state index contributed by atoms with van der Waals surface area (Å²) in [7, 11) is 1.95. The number of β-amino-alcohol motifs (C(OH)–C–C–N with tert-alkyl or cyclic N) is 1. The minimum absolute atomic E-state index is 0.384. The van der Waals surface area contributed by atoms with Crippen LogP contribution in [0.4, 0.5) is 0 Å². The highest BCUT2D eigenvalue weighted by Crippen LogP contribution is 2.28. The van der Waals surface area contributed by atoms with Gasteiger partial charge in [-0.25, -0.2) is 5.01 Å². The lowest BCUT2D eigenvalue weighted by atomic mass is 10.1. The molecule has 0 aromatic carbocycles. The number of aliphatic hydroxyl groups is 3. The number of hydrogen-bond donors (Lipinski definition) is 4. The van der Waals surface area contributed by atoms with Gasteiger partial charge in [-0.3, -0.25) is 10.3 Å². The van der Waals surface area contributed by atoms with E-state index >= 15 is 0 Å². The van der Waals surface area contributed by atoms with Crippen molar-refractivity contribution in [3.05, 3.63) is 0 Å². The topological polar surface area (TPSA) is 79.2 Å². The molecule has 2 fully saturated rings. The number of likely N-dealkylation sites (tertiary alicyclic amines) is 1. The third kappa shape index (κ3) is 2.78. The number of rotatable bonds is 5. The lowest BCUT2D eigenvalue weighted by Crippen LogP contribution is -2.59. The quantitative estimate of drug-likeness (QED) is 0.448. The van der Waals surface area contributed by atoms with E-state index in [1.54, 1.807) is 0 Å². The molecule has 17 heavy (non-hydrogen) atoms. The highest BCUT2D eigenvalue weighted by molar-refractivity contribution is 4.94. The molecule has 0 radical (unpaired) electrons. The van der Waals surface area contributed by atoms with Crippen molar-refractivity contribution in [3.63, 3.8) is 0 Å². The predicted octanol–water partition coefficient (Wildman–Crippen LogP) is -2.02. The van der Waals surface area contributed by atoms with Crippen molar-refractivity contribution < 1.29 is 15.3 Å². The van der Waals surface area contributed by atoms with Crippen LogP contribution in [-0.2, 0) is 0 Å². The Hall–Kier alpha value is -0.240. The van der Waals surface area contributed by atoms with Crippen LogP contribution in [0.25, 0.3) is 0 Å². The van der Waals surface area contributed by atoms with Crippen LogP contribution in [0, 0.1) is 0 Å². The van der Waals surface area contributed by atoms with Crippen LogP contribution in [0.1, 0.15) is 12.8 Å². The van der Waals surface area contributed by atoms with Crippen molar-refractivity contribution in [1.29, 1.82) is 0 Å². The van der Waals surface area contributed by atoms with Crippen LogP contribution < -0.4 is 5.43 Å². The normalized spacial score (nSPS) is 33.9. The van der Waals surface area contributed by atoms with Crippen molar-refractivity contribution in [2.75, 3.05) is 33.3 Å². The smallest absolute Gasteiger partial charge is 0.104 e. The van der Waals surface area contributed by atoms with Crippen LogP contribution in [-0.4, -0.2) is 82.8 Å². The van der Waals surface area contributed by atoms with Crippen molar-refractivity contribution in [2.45, 2.75) is 37.1 Å². The molecule has 4 unspecified atom stereocenters. The van der Waals surface area contributed by atoms with Gasteiger partial charge in [0.25, 0.3) is 0 Å². The number of hydrogen-bond acceptors (Lipinski definition) is 6. The molecule has 4 N–H and O–H groups in total. The van der Waals surface area contributed by atoms with E-state index in [0.717, 1.165) is 13.1 Å². The van der Waals surface area contributed by atoms with Gasteiger partial charge in [0.1, 0.15) is 6.10 Å². The second-order valence-electron chi connectivity index (χ2n) is 5.05. The molecule has 0 saturated carbocycles. The first-order chi connectivity index (χ1) is 8.15. The molecule has 0 spiro atoms. The van der Waals surface area contributed by atoms with E-state index in [-0.39, 0.29) is 6.61 Å². The molecule has 2 bridgehead atoms. The minimum Gasteiger partial charge on any atom is -0.394 e. The van der Waals surface area contributed by atoms with Gasteiger partial charge < -0.3 is 15.3 Å².